The summed E-state index contributed by atoms with van der Waals surface area (Å²) >= 11 is 12.2. The van der Waals surface area contributed by atoms with Gasteiger partial charge in [0.2, 0.25) is 5.91 Å². The van der Waals surface area contributed by atoms with E-state index in [1.165, 1.54) is 5.56 Å². The summed E-state index contributed by atoms with van der Waals surface area (Å²) in [5.74, 6) is 0.960. The number of methoxy groups -OCH3 is 1. The summed E-state index contributed by atoms with van der Waals surface area (Å²) in [6.07, 6.45) is 2.95. The number of aryl methyl sites for hydroxylation is 1. The van der Waals surface area contributed by atoms with Gasteiger partial charge in [0, 0.05) is 32.1 Å². The van der Waals surface area contributed by atoms with E-state index >= 15 is 0 Å². The zero-order chi connectivity index (χ0) is 19.9. The van der Waals surface area contributed by atoms with Gasteiger partial charge >= 0.3 is 0 Å². The Balaban J connectivity index is 1.41. The first kappa shape index (κ1) is 21.0. The van der Waals surface area contributed by atoms with E-state index in [2.05, 4.69) is 22.3 Å². The predicted octanol–water partition coefficient (Wildman–Crippen LogP) is 4.72. The van der Waals surface area contributed by atoms with Crippen LogP contribution in [-0.4, -0.2) is 37.0 Å². The van der Waals surface area contributed by atoms with Gasteiger partial charge in [-0.1, -0.05) is 47.5 Å². The maximum absolute atomic E-state index is 12.3. The number of halogens is 2. The van der Waals surface area contributed by atoms with Crippen molar-refractivity contribution in [1.82, 2.24) is 10.2 Å². The topological polar surface area (TPSA) is 41.6 Å². The molecule has 0 aromatic heterocycles. The van der Waals surface area contributed by atoms with Crippen LogP contribution in [-0.2, 0) is 17.8 Å². The molecule has 0 unspecified atom stereocenters. The van der Waals surface area contributed by atoms with Crippen LogP contribution in [0.1, 0.15) is 30.4 Å². The fourth-order valence-corrected chi connectivity index (χ4v) is 3.97. The second kappa shape index (κ2) is 10.1. The van der Waals surface area contributed by atoms with Crippen LogP contribution in [0.2, 0.25) is 10.0 Å². The molecule has 0 spiro atoms. The van der Waals surface area contributed by atoms with Gasteiger partial charge in [-0.25, -0.2) is 0 Å². The summed E-state index contributed by atoms with van der Waals surface area (Å²) in [5, 5.41) is 4.24. The molecule has 0 aliphatic carbocycles. The van der Waals surface area contributed by atoms with Crippen molar-refractivity contribution in [3.05, 3.63) is 63.6 Å². The molecule has 150 valence electrons. The Kier molecular flexibility index (Phi) is 7.60. The molecule has 0 radical (unpaired) electrons. The van der Waals surface area contributed by atoms with E-state index in [9.17, 15) is 4.79 Å². The van der Waals surface area contributed by atoms with Crippen molar-refractivity contribution in [2.24, 2.45) is 0 Å². The third-order valence-corrected chi connectivity index (χ3v) is 6.00. The Bertz CT molecular complexity index is 805. The van der Waals surface area contributed by atoms with Gasteiger partial charge in [-0.3, -0.25) is 9.69 Å². The first-order valence-corrected chi connectivity index (χ1v) is 10.4. The lowest BCUT2D eigenvalue weighted by molar-refractivity contribution is -0.122. The van der Waals surface area contributed by atoms with E-state index in [0.29, 0.717) is 22.9 Å². The van der Waals surface area contributed by atoms with Crippen LogP contribution in [0.15, 0.2) is 42.5 Å². The van der Waals surface area contributed by atoms with E-state index in [0.717, 1.165) is 43.8 Å². The normalized spacial score (nSPS) is 15.4. The molecule has 6 heteroatoms. The van der Waals surface area contributed by atoms with Gasteiger partial charge in [-0.2, -0.15) is 0 Å². The Hall–Kier alpha value is -1.75. The molecule has 2 aromatic rings. The average molecular weight is 421 g/mol. The minimum Gasteiger partial charge on any atom is -0.497 e. The van der Waals surface area contributed by atoms with Crippen molar-refractivity contribution in [3.8, 4) is 5.75 Å². The van der Waals surface area contributed by atoms with E-state index in [1.807, 2.05) is 24.3 Å². The third kappa shape index (κ3) is 5.87. The van der Waals surface area contributed by atoms with Gasteiger partial charge in [0.05, 0.1) is 17.2 Å². The smallest absolute Gasteiger partial charge is 0.220 e. The number of carbonyl (C=O) groups is 1. The summed E-state index contributed by atoms with van der Waals surface area (Å²) in [6.45, 7) is 2.86. The van der Waals surface area contributed by atoms with Gasteiger partial charge < -0.3 is 10.1 Å². The van der Waals surface area contributed by atoms with Gasteiger partial charge in [0.25, 0.3) is 0 Å². The molecule has 1 N–H and O–H groups in total. The molecule has 1 aliphatic heterocycles. The average Bonchev–Trinajstić information content (AvgIpc) is 2.71. The summed E-state index contributed by atoms with van der Waals surface area (Å²) in [7, 11) is 1.69. The summed E-state index contributed by atoms with van der Waals surface area (Å²) in [4.78, 5) is 14.7. The first-order valence-electron chi connectivity index (χ1n) is 9.62. The highest BCUT2D eigenvalue weighted by molar-refractivity contribution is 6.42. The van der Waals surface area contributed by atoms with Gasteiger partial charge in [-0.05, 0) is 48.6 Å². The monoisotopic (exact) mass is 420 g/mol. The van der Waals surface area contributed by atoms with E-state index in [4.69, 9.17) is 27.9 Å². The molecule has 28 heavy (non-hydrogen) atoms. The first-order chi connectivity index (χ1) is 13.5. The lowest BCUT2D eigenvalue weighted by Crippen LogP contribution is -2.44. The minimum absolute atomic E-state index is 0.0716. The molecule has 1 heterocycles. The fourth-order valence-electron chi connectivity index (χ4n) is 3.55. The lowest BCUT2D eigenvalue weighted by atomic mass is 10.0. The molecule has 1 saturated heterocycles. The van der Waals surface area contributed by atoms with Crippen molar-refractivity contribution in [3.63, 3.8) is 0 Å². The van der Waals surface area contributed by atoms with Crippen molar-refractivity contribution >= 4 is 29.1 Å². The quantitative estimate of drug-likeness (QED) is 0.704. The Morgan fingerprint density at radius 3 is 2.68 bits per heavy atom. The SMILES string of the molecule is COc1cccc(CN2CCC(NC(=O)CCc3cccc(Cl)c3Cl)CC2)c1. The van der Waals surface area contributed by atoms with Crippen LogP contribution in [0.5, 0.6) is 5.75 Å². The molecule has 0 atom stereocenters. The number of likely N-dealkylation sites (tertiary alicyclic amines) is 1. The Morgan fingerprint density at radius 2 is 1.93 bits per heavy atom. The highest BCUT2D eigenvalue weighted by atomic mass is 35.5. The van der Waals surface area contributed by atoms with Crippen LogP contribution < -0.4 is 10.1 Å². The molecule has 1 aliphatic rings. The number of carbonyl (C=O) groups excluding carboxylic acids is 1. The van der Waals surface area contributed by atoms with E-state index in [-0.39, 0.29) is 11.9 Å². The zero-order valence-corrected chi connectivity index (χ0v) is 17.6. The van der Waals surface area contributed by atoms with Crippen LogP contribution >= 0.6 is 23.2 Å². The van der Waals surface area contributed by atoms with Crippen LogP contribution in [0.4, 0.5) is 0 Å². The van der Waals surface area contributed by atoms with Gasteiger partial charge in [0.1, 0.15) is 5.75 Å². The van der Waals surface area contributed by atoms with Crippen LogP contribution in [0.25, 0.3) is 0 Å². The number of rotatable bonds is 7. The molecule has 4 nitrogen and oxygen atoms in total. The third-order valence-electron chi connectivity index (χ3n) is 5.15. The molecule has 2 aromatic carbocycles. The number of hydrogen-bond donors (Lipinski definition) is 1. The zero-order valence-electron chi connectivity index (χ0n) is 16.1. The maximum Gasteiger partial charge on any atom is 0.220 e. The summed E-state index contributed by atoms with van der Waals surface area (Å²) < 4.78 is 5.29. The number of amides is 1. The maximum atomic E-state index is 12.3. The van der Waals surface area contributed by atoms with E-state index in [1.54, 1.807) is 13.2 Å². The Morgan fingerprint density at radius 1 is 1.18 bits per heavy atom. The van der Waals surface area contributed by atoms with E-state index < -0.39 is 0 Å². The van der Waals surface area contributed by atoms with Crippen LogP contribution in [0.3, 0.4) is 0 Å². The fraction of sp³-hybridized carbons (Fsp3) is 0.409. The lowest BCUT2D eigenvalue weighted by Gasteiger charge is -2.32. The van der Waals surface area contributed by atoms with Crippen molar-refractivity contribution < 1.29 is 9.53 Å². The van der Waals surface area contributed by atoms with Gasteiger partial charge in [0.15, 0.2) is 0 Å². The number of ether oxygens (including phenoxy) is 1. The number of nitrogens with zero attached hydrogens (tertiary/aromatic N) is 1. The molecule has 0 bridgehead atoms. The number of hydrogen-bond acceptors (Lipinski definition) is 3. The standard InChI is InChI=1S/C22H26Cl2N2O2/c1-28-19-6-2-4-16(14-19)15-26-12-10-18(11-13-26)25-21(27)9-8-17-5-3-7-20(23)22(17)24/h2-7,14,18H,8-13,15H2,1H3,(H,25,27). The summed E-state index contributed by atoms with van der Waals surface area (Å²) in [6, 6.07) is 14.0. The predicted molar refractivity (Wildman–Crippen MR) is 114 cm³/mol. The van der Waals surface area contributed by atoms with Crippen LogP contribution in [0, 0.1) is 0 Å². The molecule has 1 fully saturated rings. The molecule has 3 rings (SSSR count). The second-order valence-corrected chi connectivity index (χ2v) is 7.97. The minimum atomic E-state index is 0.0716. The summed E-state index contributed by atoms with van der Waals surface area (Å²) in [5.41, 5.74) is 2.16. The molecule has 1 amide bonds. The largest absolute Gasteiger partial charge is 0.497 e. The van der Waals surface area contributed by atoms with Crippen molar-refractivity contribution in [2.75, 3.05) is 20.2 Å². The highest BCUT2D eigenvalue weighted by Crippen LogP contribution is 2.26. The highest BCUT2D eigenvalue weighted by Gasteiger charge is 2.21. The molecule has 0 saturated carbocycles. The van der Waals surface area contributed by atoms with Gasteiger partial charge in [-0.15, -0.1) is 0 Å². The Labute approximate surface area is 176 Å². The number of benzene rings is 2. The second-order valence-electron chi connectivity index (χ2n) is 7.18. The number of nitrogens with one attached hydrogen (secondary N) is 1. The van der Waals surface area contributed by atoms with Crippen molar-refractivity contribution in [2.45, 2.75) is 38.3 Å². The molecular weight excluding hydrogens is 395 g/mol. The number of piperidine rings is 1. The molecular formula is C22H26Cl2N2O2. The van der Waals surface area contributed by atoms with Crippen molar-refractivity contribution in [1.29, 1.82) is 0 Å².